The number of nitrogens with one attached hydrogen (secondary N) is 1. The van der Waals surface area contributed by atoms with Crippen molar-refractivity contribution < 1.29 is 4.42 Å². The molecular weight excluding hydrogens is 212 g/mol. The predicted octanol–water partition coefficient (Wildman–Crippen LogP) is 2.95. The Morgan fingerprint density at radius 2 is 2.29 bits per heavy atom. The molecule has 1 aliphatic carbocycles. The zero-order chi connectivity index (χ0) is 11.9. The maximum atomic E-state index is 5.76. The van der Waals surface area contributed by atoms with Gasteiger partial charge >= 0.3 is 0 Å². The summed E-state index contributed by atoms with van der Waals surface area (Å²) in [6.45, 7) is 4.36. The van der Waals surface area contributed by atoms with Gasteiger partial charge in [-0.1, -0.05) is 26.2 Å². The first kappa shape index (κ1) is 12.6. The van der Waals surface area contributed by atoms with E-state index in [-0.39, 0.29) is 0 Å². The molecule has 0 atom stereocenters. The maximum absolute atomic E-state index is 5.76. The van der Waals surface area contributed by atoms with Gasteiger partial charge in [-0.15, -0.1) is 0 Å². The van der Waals surface area contributed by atoms with Crippen LogP contribution in [0.1, 0.15) is 50.7 Å². The summed E-state index contributed by atoms with van der Waals surface area (Å²) in [5.41, 5.74) is 0. The van der Waals surface area contributed by atoms with E-state index in [4.69, 9.17) is 4.42 Å². The molecule has 0 aliphatic heterocycles. The fourth-order valence-corrected chi connectivity index (χ4v) is 2.21. The normalized spacial score (nSPS) is 16.1. The molecule has 1 heterocycles. The molecule has 1 aromatic heterocycles. The molecule has 0 radical (unpaired) electrons. The summed E-state index contributed by atoms with van der Waals surface area (Å²) >= 11 is 0. The molecule has 1 fully saturated rings. The zero-order valence-electron chi connectivity index (χ0n) is 10.9. The van der Waals surface area contributed by atoms with Crippen molar-refractivity contribution in [3.8, 4) is 0 Å². The zero-order valence-corrected chi connectivity index (χ0v) is 10.9. The second-order valence-corrected chi connectivity index (χ2v) is 5.07. The molecule has 1 saturated carbocycles. The van der Waals surface area contributed by atoms with Gasteiger partial charge in [-0.25, -0.2) is 4.98 Å². The highest BCUT2D eigenvalue weighted by Crippen LogP contribution is 2.29. The van der Waals surface area contributed by atoms with Gasteiger partial charge < -0.3 is 9.73 Å². The molecule has 1 aromatic rings. The number of aryl methyl sites for hydroxylation is 1. The summed E-state index contributed by atoms with van der Waals surface area (Å²) < 4.78 is 5.76. The van der Waals surface area contributed by atoms with Gasteiger partial charge in [-0.2, -0.15) is 0 Å². The van der Waals surface area contributed by atoms with E-state index < -0.39 is 0 Å². The monoisotopic (exact) mass is 236 g/mol. The SMILES string of the molecule is CCCNCCCc1ncc(CC2CCC2)o1. The van der Waals surface area contributed by atoms with Crippen LogP contribution in [-0.2, 0) is 12.8 Å². The topological polar surface area (TPSA) is 38.1 Å². The number of rotatable bonds is 8. The van der Waals surface area contributed by atoms with Crippen LogP contribution in [0.4, 0.5) is 0 Å². The third-order valence-corrected chi connectivity index (χ3v) is 3.49. The Balaban J connectivity index is 1.63. The van der Waals surface area contributed by atoms with Gasteiger partial charge in [0.25, 0.3) is 0 Å². The van der Waals surface area contributed by atoms with Gasteiger partial charge in [0.1, 0.15) is 5.76 Å². The Kier molecular flexibility index (Phi) is 5.05. The van der Waals surface area contributed by atoms with E-state index in [0.717, 1.165) is 49.9 Å². The van der Waals surface area contributed by atoms with Crippen LogP contribution >= 0.6 is 0 Å². The first-order valence-electron chi connectivity index (χ1n) is 7.02. The third-order valence-electron chi connectivity index (χ3n) is 3.49. The molecule has 0 aromatic carbocycles. The molecule has 3 heteroatoms. The van der Waals surface area contributed by atoms with E-state index in [0.29, 0.717) is 0 Å². The van der Waals surface area contributed by atoms with Gasteiger partial charge in [0.15, 0.2) is 5.89 Å². The highest BCUT2D eigenvalue weighted by molar-refractivity contribution is 4.97. The molecule has 1 N–H and O–H groups in total. The van der Waals surface area contributed by atoms with E-state index >= 15 is 0 Å². The minimum absolute atomic E-state index is 0.863. The summed E-state index contributed by atoms with van der Waals surface area (Å²) in [6.07, 6.45) is 10.4. The molecule has 0 spiro atoms. The summed E-state index contributed by atoms with van der Waals surface area (Å²) in [5, 5.41) is 3.39. The average molecular weight is 236 g/mol. The largest absolute Gasteiger partial charge is 0.446 e. The van der Waals surface area contributed by atoms with Crippen molar-refractivity contribution >= 4 is 0 Å². The lowest BCUT2D eigenvalue weighted by Gasteiger charge is -2.23. The summed E-state index contributed by atoms with van der Waals surface area (Å²) in [5.74, 6) is 2.87. The lowest BCUT2D eigenvalue weighted by atomic mass is 9.82. The number of hydrogen-bond donors (Lipinski definition) is 1. The number of aromatic nitrogens is 1. The van der Waals surface area contributed by atoms with E-state index in [2.05, 4.69) is 17.2 Å². The molecule has 96 valence electrons. The van der Waals surface area contributed by atoms with Crippen LogP contribution in [0.25, 0.3) is 0 Å². The van der Waals surface area contributed by atoms with Crippen LogP contribution in [0.5, 0.6) is 0 Å². The molecule has 1 aliphatic rings. The molecule has 3 nitrogen and oxygen atoms in total. The minimum atomic E-state index is 0.863. The van der Waals surface area contributed by atoms with Crippen LogP contribution in [0.15, 0.2) is 10.6 Å². The van der Waals surface area contributed by atoms with Gasteiger partial charge in [0.05, 0.1) is 6.20 Å². The smallest absolute Gasteiger partial charge is 0.194 e. The minimum Gasteiger partial charge on any atom is -0.446 e. The molecule has 0 amide bonds. The van der Waals surface area contributed by atoms with E-state index in [1.807, 2.05) is 6.20 Å². The van der Waals surface area contributed by atoms with E-state index in [1.54, 1.807) is 0 Å². The number of nitrogens with zero attached hydrogens (tertiary/aromatic N) is 1. The summed E-state index contributed by atoms with van der Waals surface area (Å²) in [4.78, 5) is 4.35. The van der Waals surface area contributed by atoms with Gasteiger partial charge in [0, 0.05) is 12.8 Å². The fourth-order valence-electron chi connectivity index (χ4n) is 2.21. The first-order chi connectivity index (χ1) is 8.38. The standard InChI is InChI=1S/C14H24N2O/c1-2-8-15-9-4-7-14-16-11-13(17-14)10-12-5-3-6-12/h11-12,15H,2-10H2,1H3. The highest BCUT2D eigenvalue weighted by Gasteiger charge is 2.19. The quantitative estimate of drug-likeness (QED) is 0.705. The van der Waals surface area contributed by atoms with Crippen molar-refractivity contribution in [1.82, 2.24) is 10.3 Å². The second-order valence-electron chi connectivity index (χ2n) is 5.07. The summed E-state index contributed by atoms with van der Waals surface area (Å²) in [6, 6.07) is 0. The highest BCUT2D eigenvalue weighted by atomic mass is 16.4. The van der Waals surface area contributed by atoms with Crippen molar-refractivity contribution in [2.24, 2.45) is 5.92 Å². The average Bonchev–Trinajstić information content (AvgIpc) is 2.71. The molecule has 2 rings (SSSR count). The first-order valence-corrected chi connectivity index (χ1v) is 7.02. The molecule has 17 heavy (non-hydrogen) atoms. The van der Waals surface area contributed by atoms with Gasteiger partial charge in [0.2, 0.25) is 0 Å². The Bertz CT molecular complexity index is 318. The Morgan fingerprint density at radius 3 is 3.00 bits per heavy atom. The van der Waals surface area contributed by atoms with Crippen molar-refractivity contribution in [2.75, 3.05) is 13.1 Å². The maximum Gasteiger partial charge on any atom is 0.194 e. The molecular formula is C14H24N2O. The van der Waals surface area contributed by atoms with Crippen molar-refractivity contribution in [3.05, 3.63) is 17.8 Å². The fraction of sp³-hybridized carbons (Fsp3) is 0.786. The lowest BCUT2D eigenvalue weighted by Crippen LogP contribution is -2.16. The Morgan fingerprint density at radius 1 is 1.41 bits per heavy atom. The second kappa shape index (κ2) is 6.80. The number of oxazole rings is 1. The molecule has 0 bridgehead atoms. The Labute approximate surface area is 104 Å². The van der Waals surface area contributed by atoms with E-state index in [1.165, 1.54) is 25.7 Å². The van der Waals surface area contributed by atoms with Crippen LogP contribution in [0.2, 0.25) is 0 Å². The van der Waals surface area contributed by atoms with E-state index in [9.17, 15) is 0 Å². The van der Waals surface area contributed by atoms with Crippen molar-refractivity contribution in [3.63, 3.8) is 0 Å². The van der Waals surface area contributed by atoms with Gasteiger partial charge in [-0.05, 0) is 31.8 Å². The third kappa shape index (κ3) is 4.15. The van der Waals surface area contributed by atoms with Crippen LogP contribution in [-0.4, -0.2) is 18.1 Å². The van der Waals surface area contributed by atoms with Crippen LogP contribution in [0.3, 0.4) is 0 Å². The van der Waals surface area contributed by atoms with Crippen molar-refractivity contribution in [1.29, 1.82) is 0 Å². The van der Waals surface area contributed by atoms with Crippen LogP contribution in [0, 0.1) is 5.92 Å². The Hall–Kier alpha value is -0.830. The van der Waals surface area contributed by atoms with Crippen LogP contribution < -0.4 is 5.32 Å². The molecule has 0 saturated heterocycles. The lowest BCUT2D eigenvalue weighted by molar-refractivity contribution is 0.291. The number of hydrogen-bond acceptors (Lipinski definition) is 3. The predicted molar refractivity (Wildman–Crippen MR) is 69.0 cm³/mol. The van der Waals surface area contributed by atoms with Gasteiger partial charge in [-0.3, -0.25) is 0 Å². The van der Waals surface area contributed by atoms with Crippen molar-refractivity contribution in [2.45, 2.75) is 51.9 Å². The summed E-state index contributed by atoms with van der Waals surface area (Å²) in [7, 11) is 0. The molecule has 0 unspecified atom stereocenters.